The van der Waals surface area contributed by atoms with E-state index in [-0.39, 0.29) is 23.8 Å². The van der Waals surface area contributed by atoms with Gasteiger partial charge in [0.15, 0.2) is 11.5 Å². The molecular formula is C13H16FN3O3. The fourth-order valence-corrected chi connectivity index (χ4v) is 3.20. The van der Waals surface area contributed by atoms with E-state index in [1.54, 1.807) is 11.8 Å². The molecule has 1 aromatic rings. The van der Waals surface area contributed by atoms with Gasteiger partial charge >= 0.3 is 0 Å². The van der Waals surface area contributed by atoms with Crippen LogP contribution in [0.1, 0.15) is 30.5 Å². The Morgan fingerprint density at radius 1 is 1.45 bits per heavy atom. The molecule has 0 N–H and O–H groups in total. The Balaban J connectivity index is 1.51. The fraction of sp³-hybridized carbons (Fsp3) is 0.769. The summed E-state index contributed by atoms with van der Waals surface area (Å²) in [5, 5.41) is 3.80. The number of fused-ring (bicyclic) bond motifs is 1. The summed E-state index contributed by atoms with van der Waals surface area (Å²) in [7, 11) is 0. The Bertz CT molecular complexity index is 557. The van der Waals surface area contributed by atoms with E-state index in [0.717, 1.165) is 0 Å². The number of carbonyl (C=O) groups excluding carboxylic acids is 1. The monoisotopic (exact) mass is 281 g/mol. The molecule has 1 amide bonds. The third-order valence-electron chi connectivity index (χ3n) is 4.54. The average molecular weight is 281 g/mol. The van der Waals surface area contributed by atoms with Crippen molar-refractivity contribution >= 4 is 5.91 Å². The van der Waals surface area contributed by atoms with Crippen molar-refractivity contribution in [3.63, 3.8) is 0 Å². The molecule has 7 heteroatoms. The maximum Gasteiger partial charge on any atom is 0.260 e. The van der Waals surface area contributed by atoms with E-state index in [1.807, 2.05) is 0 Å². The van der Waals surface area contributed by atoms with Gasteiger partial charge in [-0.2, -0.15) is 4.98 Å². The molecule has 0 bridgehead atoms. The highest BCUT2D eigenvalue weighted by Crippen LogP contribution is 2.45. The number of amides is 1. The molecule has 1 aliphatic carbocycles. The standard InChI is InChI=1S/C13H16FN3O3/c1-7-15-11(20-16-7)9-6-19-10-5-17(4-8(9)10)12(18)13(14)2-3-13/h8-10H,2-6H2,1H3/t8-,9+,10-/m1/s1. The first kappa shape index (κ1) is 12.3. The lowest BCUT2D eigenvalue weighted by molar-refractivity contribution is -0.137. The molecular weight excluding hydrogens is 265 g/mol. The van der Waals surface area contributed by atoms with Crippen LogP contribution >= 0.6 is 0 Å². The van der Waals surface area contributed by atoms with Gasteiger partial charge in [0.25, 0.3) is 5.91 Å². The lowest BCUT2D eigenvalue weighted by Crippen LogP contribution is -2.38. The summed E-state index contributed by atoms with van der Waals surface area (Å²) < 4.78 is 24.8. The Labute approximate surface area is 115 Å². The van der Waals surface area contributed by atoms with E-state index < -0.39 is 5.67 Å². The maximum atomic E-state index is 13.9. The van der Waals surface area contributed by atoms with Crippen LogP contribution in [-0.4, -0.2) is 52.4 Å². The number of nitrogens with zero attached hydrogens (tertiary/aromatic N) is 3. The van der Waals surface area contributed by atoms with Gasteiger partial charge in [-0.25, -0.2) is 4.39 Å². The van der Waals surface area contributed by atoms with Gasteiger partial charge in [-0.3, -0.25) is 4.79 Å². The van der Waals surface area contributed by atoms with Gasteiger partial charge in [0.1, 0.15) is 0 Å². The lowest BCUT2D eigenvalue weighted by atomic mass is 9.93. The van der Waals surface area contributed by atoms with Gasteiger partial charge < -0.3 is 14.2 Å². The minimum atomic E-state index is -1.60. The first-order chi connectivity index (χ1) is 9.57. The molecule has 1 saturated carbocycles. The van der Waals surface area contributed by atoms with E-state index >= 15 is 0 Å². The number of ether oxygens (including phenoxy) is 1. The summed E-state index contributed by atoms with van der Waals surface area (Å²) in [6.45, 7) is 3.28. The summed E-state index contributed by atoms with van der Waals surface area (Å²) in [6.07, 6.45) is 0.661. The number of aromatic nitrogens is 2. The summed E-state index contributed by atoms with van der Waals surface area (Å²) in [6, 6.07) is 0. The van der Waals surface area contributed by atoms with Crippen molar-refractivity contribution in [1.29, 1.82) is 0 Å². The highest BCUT2D eigenvalue weighted by molar-refractivity contribution is 5.88. The van der Waals surface area contributed by atoms with Crippen LogP contribution < -0.4 is 0 Å². The first-order valence-electron chi connectivity index (χ1n) is 6.97. The summed E-state index contributed by atoms with van der Waals surface area (Å²) >= 11 is 0. The van der Waals surface area contributed by atoms with Crippen LogP contribution in [0.5, 0.6) is 0 Å². The highest BCUT2D eigenvalue weighted by atomic mass is 19.1. The van der Waals surface area contributed by atoms with Gasteiger partial charge in [0.05, 0.1) is 18.6 Å². The quantitative estimate of drug-likeness (QED) is 0.803. The largest absolute Gasteiger partial charge is 0.375 e. The first-order valence-corrected chi connectivity index (χ1v) is 6.97. The Morgan fingerprint density at radius 2 is 2.25 bits per heavy atom. The second-order valence-electron chi connectivity index (χ2n) is 6.00. The van der Waals surface area contributed by atoms with Gasteiger partial charge in [0, 0.05) is 19.0 Å². The van der Waals surface area contributed by atoms with Gasteiger partial charge in [0.2, 0.25) is 5.89 Å². The van der Waals surface area contributed by atoms with Crippen molar-refractivity contribution < 1.29 is 18.4 Å². The maximum absolute atomic E-state index is 13.9. The second-order valence-corrected chi connectivity index (χ2v) is 6.00. The van der Waals surface area contributed by atoms with Crippen LogP contribution in [0.3, 0.4) is 0 Å². The molecule has 0 spiro atoms. The molecule has 0 unspecified atom stereocenters. The van der Waals surface area contributed by atoms with Crippen LogP contribution in [0.4, 0.5) is 4.39 Å². The number of likely N-dealkylation sites (tertiary alicyclic amines) is 1. The molecule has 0 radical (unpaired) electrons. The van der Waals surface area contributed by atoms with Crippen molar-refractivity contribution in [1.82, 2.24) is 15.0 Å². The van der Waals surface area contributed by atoms with Gasteiger partial charge in [-0.15, -0.1) is 0 Å². The minimum absolute atomic E-state index is 0.00812. The van der Waals surface area contributed by atoms with Crippen molar-refractivity contribution in [2.75, 3.05) is 19.7 Å². The summed E-state index contributed by atoms with van der Waals surface area (Å²) in [5.41, 5.74) is -1.60. The Morgan fingerprint density at radius 3 is 2.90 bits per heavy atom. The molecule has 0 aromatic carbocycles. The number of alkyl halides is 1. The van der Waals surface area contributed by atoms with Gasteiger partial charge in [-0.1, -0.05) is 5.16 Å². The SMILES string of the molecule is Cc1noc([C@H]2CO[C@@H]3CN(C(=O)C4(F)CC4)C[C@H]23)n1. The molecule has 2 aliphatic heterocycles. The Hall–Kier alpha value is -1.50. The van der Waals surface area contributed by atoms with Crippen LogP contribution in [0.25, 0.3) is 0 Å². The summed E-state index contributed by atoms with van der Waals surface area (Å²) in [5.74, 6) is 0.909. The van der Waals surface area contributed by atoms with Crippen molar-refractivity contribution in [3.8, 4) is 0 Å². The van der Waals surface area contributed by atoms with Gasteiger partial charge in [-0.05, 0) is 19.8 Å². The third-order valence-corrected chi connectivity index (χ3v) is 4.54. The molecule has 6 nitrogen and oxygen atoms in total. The predicted octanol–water partition coefficient (Wildman–Crippen LogP) is 0.821. The molecule has 3 atom stereocenters. The van der Waals surface area contributed by atoms with E-state index in [1.165, 1.54) is 0 Å². The normalized spacial score (nSPS) is 34.3. The van der Waals surface area contributed by atoms with Crippen molar-refractivity contribution in [3.05, 3.63) is 11.7 Å². The molecule has 3 fully saturated rings. The number of hydrogen-bond acceptors (Lipinski definition) is 5. The molecule has 20 heavy (non-hydrogen) atoms. The van der Waals surface area contributed by atoms with Crippen LogP contribution in [-0.2, 0) is 9.53 Å². The lowest BCUT2D eigenvalue weighted by Gasteiger charge is -2.20. The number of rotatable bonds is 2. The molecule has 108 valence electrons. The zero-order valence-electron chi connectivity index (χ0n) is 11.2. The van der Waals surface area contributed by atoms with Crippen LogP contribution in [0.15, 0.2) is 4.52 Å². The Kier molecular flexibility index (Phi) is 2.45. The average Bonchev–Trinajstić information content (AvgIpc) is 2.83. The van der Waals surface area contributed by atoms with E-state index in [2.05, 4.69) is 10.1 Å². The third kappa shape index (κ3) is 1.76. The number of aryl methyl sites for hydroxylation is 1. The molecule has 3 aliphatic rings. The number of carbonyl (C=O) groups is 1. The smallest absolute Gasteiger partial charge is 0.260 e. The number of hydrogen-bond donors (Lipinski definition) is 0. The van der Waals surface area contributed by atoms with E-state index in [0.29, 0.717) is 44.3 Å². The zero-order chi connectivity index (χ0) is 13.9. The molecule has 3 heterocycles. The molecule has 2 saturated heterocycles. The van der Waals surface area contributed by atoms with Crippen LogP contribution in [0.2, 0.25) is 0 Å². The fourth-order valence-electron chi connectivity index (χ4n) is 3.20. The minimum Gasteiger partial charge on any atom is -0.375 e. The van der Waals surface area contributed by atoms with Crippen molar-refractivity contribution in [2.45, 2.75) is 37.5 Å². The van der Waals surface area contributed by atoms with E-state index in [9.17, 15) is 9.18 Å². The van der Waals surface area contributed by atoms with Crippen molar-refractivity contribution in [2.24, 2.45) is 5.92 Å². The van der Waals surface area contributed by atoms with Crippen LogP contribution in [0, 0.1) is 12.8 Å². The topological polar surface area (TPSA) is 68.5 Å². The zero-order valence-corrected chi connectivity index (χ0v) is 11.2. The van der Waals surface area contributed by atoms with E-state index in [4.69, 9.17) is 9.26 Å². The second kappa shape index (κ2) is 4.00. The molecule has 4 rings (SSSR count). The predicted molar refractivity (Wildman–Crippen MR) is 64.7 cm³/mol. The summed E-state index contributed by atoms with van der Waals surface area (Å²) in [4.78, 5) is 17.9. The number of halogens is 1. The molecule has 1 aromatic heterocycles. The highest BCUT2D eigenvalue weighted by Gasteiger charge is 2.56.